The maximum Gasteiger partial charge on any atom is 0.347 e. The average molecular weight is 341 g/mol. The van der Waals surface area contributed by atoms with Gasteiger partial charge in [0.25, 0.3) is 0 Å². The molecule has 0 saturated heterocycles. The molecular formula is C18H15NO6. The third-order valence-corrected chi connectivity index (χ3v) is 3.48. The Hall–Kier alpha value is -3.35. The molecule has 7 nitrogen and oxygen atoms in total. The summed E-state index contributed by atoms with van der Waals surface area (Å²) in [5, 5.41) is 0.276. The Bertz CT molecular complexity index is 1010. The van der Waals surface area contributed by atoms with Crippen molar-refractivity contribution in [2.75, 3.05) is 14.2 Å². The number of carbonyl (C=O) groups is 1. The standard InChI is InChI=1S/C18H15NO6/c1-10(20)24-12-6-4-5-11(7-12)17-19-14-9-16(23-3)15(22-2)8-13(14)18(21)25-17/h4-9H,1-3H3. The molecule has 7 heteroatoms. The number of methoxy groups -OCH3 is 2. The van der Waals surface area contributed by atoms with Crippen LogP contribution in [0.1, 0.15) is 6.92 Å². The molecular weight excluding hydrogens is 326 g/mol. The van der Waals surface area contributed by atoms with Crippen LogP contribution in [0.25, 0.3) is 22.4 Å². The number of ether oxygens (including phenoxy) is 3. The quantitative estimate of drug-likeness (QED) is 0.532. The number of aromatic nitrogens is 1. The van der Waals surface area contributed by atoms with Crippen LogP contribution in [0.4, 0.5) is 0 Å². The van der Waals surface area contributed by atoms with E-state index in [4.69, 9.17) is 18.6 Å². The Morgan fingerprint density at radius 2 is 1.80 bits per heavy atom. The lowest BCUT2D eigenvalue weighted by molar-refractivity contribution is -0.131. The zero-order valence-corrected chi connectivity index (χ0v) is 13.9. The van der Waals surface area contributed by atoms with Gasteiger partial charge in [-0.2, -0.15) is 0 Å². The van der Waals surface area contributed by atoms with E-state index in [1.807, 2.05) is 0 Å². The lowest BCUT2D eigenvalue weighted by Gasteiger charge is -2.09. The van der Waals surface area contributed by atoms with Gasteiger partial charge in [-0.1, -0.05) is 6.07 Å². The van der Waals surface area contributed by atoms with E-state index in [0.717, 1.165) is 0 Å². The number of carbonyl (C=O) groups excluding carboxylic acids is 1. The third-order valence-electron chi connectivity index (χ3n) is 3.48. The van der Waals surface area contributed by atoms with Crippen LogP contribution in [0.3, 0.4) is 0 Å². The van der Waals surface area contributed by atoms with Crippen LogP contribution in [0.15, 0.2) is 45.6 Å². The molecule has 0 aliphatic heterocycles. The highest BCUT2D eigenvalue weighted by atomic mass is 16.5. The van der Waals surface area contributed by atoms with Crippen molar-refractivity contribution < 1.29 is 23.4 Å². The van der Waals surface area contributed by atoms with Crippen LogP contribution in [-0.2, 0) is 4.79 Å². The highest BCUT2D eigenvalue weighted by molar-refractivity contribution is 5.82. The zero-order valence-electron chi connectivity index (χ0n) is 13.9. The first-order valence-electron chi connectivity index (χ1n) is 7.37. The maximum absolute atomic E-state index is 12.3. The summed E-state index contributed by atoms with van der Waals surface area (Å²) in [4.78, 5) is 27.8. The van der Waals surface area contributed by atoms with Crippen molar-refractivity contribution in [1.82, 2.24) is 4.98 Å². The van der Waals surface area contributed by atoms with Crippen LogP contribution in [0, 0.1) is 0 Å². The zero-order chi connectivity index (χ0) is 18.0. The summed E-state index contributed by atoms with van der Waals surface area (Å²) in [5.74, 6) is 0.865. The van der Waals surface area contributed by atoms with Gasteiger partial charge in [0.05, 0.1) is 25.1 Å². The fourth-order valence-corrected chi connectivity index (χ4v) is 2.38. The molecule has 0 spiro atoms. The Kier molecular flexibility index (Phi) is 4.38. The number of benzene rings is 2. The molecule has 1 aromatic heterocycles. The Morgan fingerprint density at radius 3 is 2.48 bits per heavy atom. The predicted molar refractivity (Wildman–Crippen MR) is 90.1 cm³/mol. The topological polar surface area (TPSA) is 87.9 Å². The van der Waals surface area contributed by atoms with E-state index in [2.05, 4.69) is 4.98 Å². The van der Waals surface area contributed by atoms with E-state index >= 15 is 0 Å². The number of hydrogen-bond acceptors (Lipinski definition) is 7. The van der Waals surface area contributed by atoms with Gasteiger partial charge in [0, 0.05) is 24.6 Å². The Morgan fingerprint density at radius 1 is 1.08 bits per heavy atom. The lowest BCUT2D eigenvalue weighted by atomic mass is 10.2. The second-order valence-electron chi connectivity index (χ2n) is 5.15. The van der Waals surface area contributed by atoms with E-state index in [0.29, 0.717) is 28.3 Å². The summed E-state index contributed by atoms with van der Waals surface area (Å²) < 4.78 is 20.8. The molecule has 0 unspecified atom stereocenters. The molecule has 0 fully saturated rings. The molecule has 2 aromatic carbocycles. The van der Waals surface area contributed by atoms with Gasteiger partial charge >= 0.3 is 11.6 Å². The fourth-order valence-electron chi connectivity index (χ4n) is 2.38. The molecule has 0 atom stereocenters. The molecule has 0 aliphatic rings. The molecule has 0 bridgehead atoms. The first kappa shape index (κ1) is 16.5. The van der Waals surface area contributed by atoms with Crippen molar-refractivity contribution in [2.45, 2.75) is 6.92 Å². The monoisotopic (exact) mass is 341 g/mol. The minimum Gasteiger partial charge on any atom is -0.493 e. The summed E-state index contributed by atoms with van der Waals surface area (Å²) in [6.07, 6.45) is 0. The predicted octanol–water partition coefficient (Wildman–Crippen LogP) is 2.80. The van der Waals surface area contributed by atoms with Crippen LogP contribution in [-0.4, -0.2) is 25.2 Å². The van der Waals surface area contributed by atoms with Crippen molar-refractivity contribution in [2.24, 2.45) is 0 Å². The molecule has 0 N–H and O–H groups in total. The normalized spacial score (nSPS) is 10.5. The van der Waals surface area contributed by atoms with E-state index < -0.39 is 11.6 Å². The average Bonchev–Trinajstić information content (AvgIpc) is 2.60. The largest absolute Gasteiger partial charge is 0.493 e. The van der Waals surface area contributed by atoms with Crippen molar-refractivity contribution >= 4 is 16.9 Å². The van der Waals surface area contributed by atoms with Gasteiger partial charge in [-0.3, -0.25) is 4.79 Å². The van der Waals surface area contributed by atoms with E-state index in [-0.39, 0.29) is 11.3 Å². The summed E-state index contributed by atoms with van der Waals surface area (Å²) in [7, 11) is 2.98. The van der Waals surface area contributed by atoms with Crippen molar-refractivity contribution in [3.63, 3.8) is 0 Å². The second-order valence-corrected chi connectivity index (χ2v) is 5.15. The van der Waals surface area contributed by atoms with Gasteiger partial charge in [-0.05, 0) is 18.2 Å². The number of hydrogen-bond donors (Lipinski definition) is 0. The molecule has 3 aromatic rings. The number of fused-ring (bicyclic) bond motifs is 1. The molecule has 0 radical (unpaired) electrons. The third kappa shape index (κ3) is 3.30. The fraction of sp³-hybridized carbons (Fsp3) is 0.167. The molecule has 128 valence electrons. The Labute approximate surface area is 142 Å². The highest BCUT2D eigenvalue weighted by Crippen LogP contribution is 2.31. The SMILES string of the molecule is COc1cc2nc(-c3cccc(OC(C)=O)c3)oc(=O)c2cc1OC. The van der Waals surface area contributed by atoms with Gasteiger partial charge in [0.1, 0.15) is 5.75 Å². The van der Waals surface area contributed by atoms with Gasteiger partial charge in [0.15, 0.2) is 11.5 Å². The van der Waals surface area contributed by atoms with Crippen molar-refractivity contribution in [3.05, 3.63) is 46.8 Å². The van der Waals surface area contributed by atoms with Crippen molar-refractivity contribution in [3.8, 4) is 28.7 Å². The summed E-state index contributed by atoms with van der Waals surface area (Å²) in [6, 6.07) is 9.69. The number of esters is 1. The van der Waals surface area contributed by atoms with Crippen LogP contribution < -0.4 is 19.8 Å². The van der Waals surface area contributed by atoms with Crippen LogP contribution in [0.5, 0.6) is 17.2 Å². The molecule has 0 aliphatic carbocycles. The minimum absolute atomic E-state index is 0.110. The second kappa shape index (κ2) is 6.64. The number of nitrogens with zero attached hydrogens (tertiary/aromatic N) is 1. The van der Waals surface area contributed by atoms with E-state index in [9.17, 15) is 9.59 Å². The minimum atomic E-state index is -0.557. The van der Waals surface area contributed by atoms with Gasteiger partial charge in [0.2, 0.25) is 5.89 Å². The molecule has 0 amide bonds. The summed E-state index contributed by atoms with van der Waals surface area (Å²) in [5.41, 5.74) is 0.355. The van der Waals surface area contributed by atoms with E-state index in [1.165, 1.54) is 27.2 Å². The summed E-state index contributed by atoms with van der Waals surface area (Å²) in [6.45, 7) is 1.31. The molecule has 25 heavy (non-hydrogen) atoms. The van der Waals surface area contributed by atoms with Gasteiger partial charge in [-0.25, -0.2) is 9.78 Å². The maximum atomic E-state index is 12.3. The first-order chi connectivity index (χ1) is 12.0. The lowest BCUT2D eigenvalue weighted by Crippen LogP contribution is -2.05. The number of rotatable bonds is 4. The van der Waals surface area contributed by atoms with Crippen LogP contribution in [0.2, 0.25) is 0 Å². The molecule has 1 heterocycles. The first-order valence-corrected chi connectivity index (χ1v) is 7.37. The Balaban J connectivity index is 2.15. The van der Waals surface area contributed by atoms with Gasteiger partial charge < -0.3 is 18.6 Å². The highest BCUT2D eigenvalue weighted by Gasteiger charge is 2.14. The van der Waals surface area contributed by atoms with Crippen LogP contribution >= 0.6 is 0 Å². The molecule has 0 saturated carbocycles. The smallest absolute Gasteiger partial charge is 0.347 e. The summed E-state index contributed by atoms with van der Waals surface area (Å²) >= 11 is 0. The van der Waals surface area contributed by atoms with Gasteiger partial charge in [-0.15, -0.1) is 0 Å². The molecule has 3 rings (SSSR count). The van der Waals surface area contributed by atoms with E-state index in [1.54, 1.807) is 30.3 Å². The van der Waals surface area contributed by atoms with Crippen molar-refractivity contribution in [1.29, 1.82) is 0 Å².